The molecule has 0 aromatic carbocycles. The van der Waals surface area contributed by atoms with Gasteiger partial charge in [-0.15, -0.1) is 11.3 Å². The zero-order chi connectivity index (χ0) is 14.5. The third-order valence-corrected chi connectivity index (χ3v) is 4.09. The van der Waals surface area contributed by atoms with Gasteiger partial charge in [-0.25, -0.2) is 0 Å². The van der Waals surface area contributed by atoms with E-state index in [1.165, 1.54) is 11.3 Å². The van der Waals surface area contributed by atoms with Crippen molar-refractivity contribution in [2.24, 2.45) is 0 Å². The van der Waals surface area contributed by atoms with Crippen LogP contribution in [0.2, 0.25) is 0 Å². The van der Waals surface area contributed by atoms with E-state index in [4.69, 9.17) is 9.84 Å². The third kappa shape index (κ3) is 3.40. The van der Waals surface area contributed by atoms with E-state index in [9.17, 15) is 4.79 Å². The van der Waals surface area contributed by atoms with Gasteiger partial charge in [0.05, 0.1) is 25.4 Å². The number of amides is 1. The van der Waals surface area contributed by atoms with Crippen LogP contribution >= 0.6 is 11.3 Å². The van der Waals surface area contributed by atoms with E-state index >= 15 is 0 Å². The van der Waals surface area contributed by atoms with Gasteiger partial charge in [0, 0.05) is 18.5 Å². The minimum atomic E-state index is 0.0240. The fraction of sp³-hybridized carbons (Fsp3) is 0.533. The Labute approximate surface area is 123 Å². The summed E-state index contributed by atoms with van der Waals surface area (Å²) >= 11 is 1.42. The molecule has 2 atom stereocenters. The van der Waals surface area contributed by atoms with Crippen molar-refractivity contribution < 1.29 is 14.6 Å². The van der Waals surface area contributed by atoms with Gasteiger partial charge in [-0.3, -0.25) is 4.79 Å². The smallest absolute Gasteiger partial charge is 0.265 e. The minimum absolute atomic E-state index is 0.0240. The molecule has 0 aliphatic carbocycles. The molecule has 2 unspecified atom stereocenters. The molecule has 20 heavy (non-hydrogen) atoms. The van der Waals surface area contributed by atoms with Gasteiger partial charge >= 0.3 is 0 Å². The number of carbonyl (C=O) groups excluding carboxylic acids is 1. The zero-order valence-electron chi connectivity index (χ0n) is 11.8. The van der Waals surface area contributed by atoms with Gasteiger partial charge in [-0.2, -0.15) is 0 Å². The lowest BCUT2D eigenvalue weighted by Crippen LogP contribution is -2.50. The van der Waals surface area contributed by atoms with Gasteiger partial charge in [-0.05, 0) is 25.3 Å². The zero-order valence-corrected chi connectivity index (χ0v) is 12.6. The van der Waals surface area contributed by atoms with Crippen molar-refractivity contribution in [3.63, 3.8) is 0 Å². The van der Waals surface area contributed by atoms with Crippen molar-refractivity contribution in [2.75, 3.05) is 19.8 Å². The molecule has 108 valence electrons. The van der Waals surface area contributed by atoms with Crippen molar-refractivity contribution in [2.45, 2.75) is 32.4 Å². The summed E-state index contributed by atoms with van der Waals surface area (Å²) in [6, 6.07) is 1.94. The Hall–Kier alpha value is -1.35. The Morgan fingerprint density at radius 2 is 2.40 bits per heavy atom. The average molecular weight is 293 g/mol. The van der Waals surface area contributed by atoms with E-state index in [0.29, 0.717) is 24.4 Å². The number of ether oxygens (including phenoxy) is 1. The predicted molar refractivity (Wildman–Crippen MR) is 78.8 cm³/mol. The third-order valence-electron chi connectivity index (χ3n) is 3.19. The molecular formula is C15H19NO3S. The van der Waals surface area contributed by atoms with Gasteiger partial charge in [-0.1, -0.05) is 11.8 Å². The molecule has 1 aromatic heterocycles. The normalized spacial score (nSPS) is 22.2. The van der Waals surface area contributed by atoms with Crippen molar-refractivity contribution in [3.8, 4) is 11.8 Å². The van der Waals surface area contributed by atoms with E-state index in [0.717, 1.165) is 5.56 Å². The quantitative estimate of drug-likeness (QED) is 0.845. The second-order valence-electron chi connectivity index (χ2n) is 4.89. The molecule has 2 rings (SSSR count). The fourth-order valence-corrected chi connectivity index (χ4v) is 2.91. The summed E-state index contributed by atoms with van der Waals surface area (Å²) in [5.74, 6) is 5.85. The summed E-state index contributed by atoms with van der Waals surface area (Å²) in [6.07, 6.45) is 0.494. The van der Waals surface area contributed by atoms with Crippen LogP contribution in [0.15, 0.2) is 11.4 Å². The number of morpholine rings is 1. The van der Waals surface area contributed by atoms with Gasteiger partial charge in [0.1, 0.15) is 4.88 Å². The molecule has 0 saturated carbocycles. The van der Waals surface area contributed by atoms with Crippen LogP contribution in [0.25, 0.3) is 0 Å². The standard InChI is InChI=1S/C15H19NO3S/c1-11-10-19-12(2)9-16(11)15(18)14-13(6-8-20-14)5-3-4-7-17/h6,8,11-12,17H,4,7,9-10H2,1-2H3. The van der Waals surface area contributed by atoms with Crippen LogP contribution in [-0.4, -0.2) is 47.8 Å². The Balaban J connectivity index is 2.17. The molecule has 2 heterocycles. The molecule has 1 aromatic rings. The van der Waals surface area contributed by atoms with E-state index in [1.54, 1.807) is 0 Å². The lowest BCUT2D eigenvalue weighted by atomic mass is 10.1. The highest BCUT2D eigenvalue weighted by Crippen LogP contribution is 2.22. The van der Waals surface area contributed by atoms with Crippen LogP contribution in [0.3, 0.4) is 0 Å². The number of thiophene rings is 1. The molecule has 1 fully saturated rings. The molecule has 0 radical (unpaired) electrons. The number of aliphatic hydroxyl groups is 1. The minimum Gasteiger partial charge on any atom is -0.395 e. The van der Waals surface area contributed by atoms with E-state index in [1.807, 2.05) is 30.2 Å². The van der Waals surface area contributed by atoms with Gasteiger partial charge in [0.25, 0.3) is 5.91 Å². The summed E-state index contributed by atoms with van der Waals surface area (Å²) in [5, 5.41) is 10.6. The molecule has 1 N–H and O–H groups in total. The first-order valence-electron chi connectivity index (χ1n) is 6.73. The van der Waals surface area contributed by atoms with Crippen LogP contribution in [-0.2, 0) is 4.74 Å². The van der Waals surface area contributed by atoms with Crippen LogP contribution in [0.1, 0.15) is 35.5 Å². The molecule has 1 aliphatic heterocycles. The number of rotatable bonds is 2. The molecule has 0 spiro atoms. The van der Waals surface area contributed by atoms with Crippen LogP contribution in [0.4, 0.5) is 0 Å². The van der Waals surface area contributed by atoms with Crippen LogP contribution < -0.4 is 0 Å². The van der Waals surface area contributed by atoms with Gasteiger partial charge < -0.3 is 14.7 Å². The molecule has 4 nitrogen and oxygen atoms in total. The second-order valence-corrected chi connectivity index (χ2v) is 5.81. The fourth-order valence-electron chi connectivity index (χ4n) is 2.10. The highest BCUT2D eigenvalue weighted by Gasteiger charge is 2.29. The maximum atomic E-state index is 12.6. The maximum absolute atomic E-state index is 12.6. The number of hydrogen-bond donors (Lipinski definition) is 1. The highest BCUT2D eigenvalue weighted by molar-refractivity contribution is 7.12. The van der Waals surface area contributed by atoms with Crippen molar-refractivity contribution in [1.29, 1.82) is 0 Å². The molecular weight excluding hydrogens is 274 g/mol. The van der Waals surface area contributed by atoms with Crippen molar-refractivity contribution >= 4 is 17.2 Å². The maximum Gasteiger partial charge on any atom is 0.265 e. The molecule has 0 bridgehead atoms. The molecule has 1 amide bonds. The Morgan fingerprint density at radius 3 is 3.15 bits per heavy atom. The first-order chi connectivity index (χ1) is 9.63. The van der Waals surface area contributed by atoms with E-state index in [-0.39, 0.29) is 24.7 Å². The summed E-state index contributed by atoms with van der Waals surface area (Å²) in [5.41, 5.74) is 0.750. The number of carbonyl (C=O) groups is 1. The highest BCUT2D eigenvalue weighted by atomic mass is 32.1. The average Bonchev–Trinajstić information content (AvgIpc) is 2.89. The van der Waals surface area contributed by atoms with E-state index in [2.05, 4.69) is 11.8 Å². The Morgan fingerprint density at radius 1 is 1.60 bits per heavy atom. The van der Waals surface area contributed by atoms with Crippen LogP contribution in [0.5, 0.6) is 0 Å². The van der Waals surface area contributed by atoms with Crippen molar-refractivity contribution in [3.05, 3.63) is 21.9 Å². The number of nitrogens with zero attached hydrogens (tertiary/aromatic N) is 1. The molecule has 1 saturated heterocycles. The Kier molecular flexibility index (Phi) is 5.18. The van der Waals surface area contributed by atoms with E-state index < -0.39 is 0 Å². The largest absolute Gasteiger partial charge is 0.395 e. The Bertz CT molecular complexity index is 529. The number of hydrogen-bond acceptors (Lipinski definition) is 4. The SMILES string of the molecule is CC1CN(C(=O)c2sccc2C#CCCO)C(C)CO1. The summed E-state index contributed by atoms with van der Waals surface area (Å²) in [4.78, 5) is 15.2. The lowest BCUT2D eigenvalue weighted by molar-refractivity contribution is -0.0385. The lowest BCUT2D eigenvalue weighted by Gasteiger charge is -2.36. The summed E-state index contributed by atoms with van der Waals surface area (Å²) in [6.45, 7) is 5.20. The topological polar surface area (TPSA) is 49.8 Å². The predicted octanol–water partition coefficient (Wildman–Crippen LogP) is 1.73. The summed E-state index contributed by atoms with van der Waals surface area (Å²) < 4.78 is 5.55. The molecule has 1 aliphatic rings. The first kappa shape index (κ1) is 15.0. The summed E-state index contributed by atoms with van der Waals surface area (Å²) in [7, 11) is 0. The van der Waals surface area contributed by atoms with Gasteiger partial charge in [0.2, 0.25) is 0 Å². The van der Waals surface area contributed by atoms with Gasteiger partial charge in [0.15, 0.2) is 0 Å². The monoisotopic (exact) mass is 293 g/mol. The van der Waals surface area contributed by atoms with Crippen molar-refractivity contribution in [1.82, 2.24) is 4.90 Å². The number of aliphatic hydroxyl groups excluding tert-OH is 1. The first-order valence-corrected chi connectivity index (χ1v) is 7.61. The van der Waals surface area contributed by atoms with Crippen LogP contribution in [0, 0.1) is 11.8 Å². The second kappa shape index (κ2) is 6.89. The molecule has 5 heteroatoms.